The summed E-state index contributed by atoms with van der Waals surface area (Å²) in [5.41, 5.74) is 2.26. The van der Waals surface area contributed by atoms with E-state index in [1.165, 1.54) is 0 Å². The van der Waals surface area contributed by atoms with E-state index >= 15 is 0 Å². The van der Waals surface area contributed by atoms with Crippen LogP contribution in [0.25, 0.3) is 0 Å². The van der Waals surface area contributed by atoms with Crippen LogP contribution in [0.5, 0.6) is 11.5 Å². The molecule has 7 nitrogen and oxygen atoms in total. The van der Waals surface area contributed by atoms with Crippen molar-refractivity contribution in [3.05, 3.63) is 89.2 Å². The lowest BCUT2D eigenvalue weighted by Crippen LogP contribution is -2.44. The molecule has 2 aromatic carbocycles. The van der Waals surface area contributed by atoms with Gasteiger partial charge in [-0.3, -0.25) is 14.6 Å². The number of carboxylic acid groups (broad SMARTS) is 1. The molecule has 0 radical (unpaired) electrons. The number of fused-ring (bicyclic) bond motifs is 2. The Labute approximate surface area is 172 Å². The van der Waals surface area contributed by atoms with E-state index in [0.717, 1.165) is 5.56 Å². The van der Waals surface area contributed by atoms with Gasteiger partial charge in [0.05, 0.1) is 11.7 Å². The largest absolute Gasteiger partial charge is 0.481 e. The average molecular weight is 402 g/mol. The molecular weight excluding hydrogens is 384 g/mol. The van der Waals surface area contributed by atoms with Crippen molar-refractivity contribution in [3.63, 3.8) is 0 Å². The zero-order chi connectivity index (χ0) is 20.7. The Hall–Kier alpha value is -3.87. The molecule has 2 aliphatic heterocycles. The molecule has 150 valence electrons. The van der Waals surface area contributed by atoms with Crippen LogP contribution in [0.2, 0.25) is 0 Å². The quantitative estimate of drug-likeness (QED) is 0.720. The molecule has 2 aliphatic rings. The monoisotopic (exact) mass is 402 g/mol. The predicted molar refractivity (Wildman–Crippen MR) is 106 cm³/mol. The zero-order valence-electron chi connectivity index (χ0n) is 15.9. The minimum atomic E-state index is -0.999. The van der Waals surface area contributed by atoms with Gasteiger partial charge < -0.3 is 19.5 Å². The van der Waals surface area contributed by atoms with Gasteiger partial charge in [0.1, 0.15) is 5.92 Å². The summed E-state index contributed by atoms with van der Waals surface area (Å²) in [5, 5.41) is 10.1. The van der Waals surface area contributed by atoms with E-state index in [4.69, 9.17) is 9.47 Å². The smallest absolute Gasteiger partial charge is 0.313 e. The second kappa shape index (κ2) is 7.18. The lowest BCUT2D eigenvalue weighted by molar-refractivity contribution is -0.140. The number of hydrogen-bond donors (Lipinski definition) is 1. The number of benzene rings is 2. The van der Waals surface area contributed by atoms with Crippen molar-refractivity contribution in [1.29, 1.82) is 0 Å². The normalized spacial score (nSPS) is 19.5. The molecule has 3 aromatic rings. The first kappa shape index (κ1) is 18.2. The Balaban J connectivity index is 1.63. The van der Waals surface area contributed by atoms with Crippen molar-refractivity contribution in [2.45, 2.75) is 18.5 Å². The minimum Gasteiger partial charge on any atom is -0.481 e. The molecule has 1 aromatic heterocycles. The Kier molecular flexibility index (Phi) is 4.35. The van der Waals surface area contributed by atoms with E-state index in [1.807, 2.05) is 12.1 Å². The maximum absolute atomic E-state index is 13.5. The van der Waals surface area contributed by atoms with Crippen LogP contribution in [0, 0.1) is 0 Å². The van der Waals surface area contributed by atoms with Crippen molar-refractivity contribution in [2.24, 2.45) is 0 Å². The first-order valence-electron chi connectivity index (χ1n) is 9.55. The fourth-order valence-corrected chi connectivity index (χ4v) is 4.15. The van der Waals surface area contributed by atoms with Gasteiger partial charge in [-0.15, -0.1) is 0 Å². The molecule has 3 heterocycles. The summed E-state index contributed by atoms with van der Waals surface area (Å²) in [6.45, 7) is 0.376. The van der Waals surface area contributed by atoms with Crippen LogP contribution in [0.15, 0.2) is 66.9 Å². The molecule has 30 heavy (non-hydrogen) atoms. The van der Waals surface area contributed by atoms with Crippen LogP contribution >= 0.6 is 0 Å². The summed E-state index contributed by atoms with van der Waals surface area (Å²) in [5.74, 6) is -0.888. The molecule has 1 amide bonds. The summed E-state index contributed by atoms with van der Waals surface area (Å²) in [6.07, 6.45) is 1.61. The van der Waals surface area contributed by atoms with Gasteiger partial charge in [0, 0.05) is 18.3 Å². The van der Waals surface area contributed by atoms with Gasteiger partial charge in [-0.1, -0.05) is 30.3 Å². The number of hydrogen-bond acceptors (Lipinski definition) is 5. The molecule has 0 saturated carbocycles. The van der Waals surface area contributed by atoms with E-state index < -0.39 is 17.9 Å². The number of ether oxygens (including phenoxy) is 2. The number of carboxylic acids is 1. The maximum Gasteiger partial charge on any atom is 0.313 e. The SMILES string of the molecule is O=C(O)C1c2ccccc2C(=O)N(Cc2ccc3c(c2)OCO3)C1c1ccccn1. The van der Waals surface area contributed by atoms with E-state index in [1.54, 1.807) is 59.6 Å². The molecule has 7 heteroatoms. The van der Waals surface area contributed by atoms with Gasteiger partial charge >= 0.3 is 5.97 Å². The van der Waals surface area contributed by atoms with E-state index in [-0.39, 0.29) is 19.2 Å². The third-order valence-electron chi connectivity index (χ3n) is 5.49. The van der Waals surface area contributed by atoms with Gasteiger partial charge in [-0.2, -0.15) is 0 Å². The second-order valence-corrected chi connectivity index (χ2v) is 7.22. The van der Waals surface area contributed by atoms with Crippen LogP contribution in [0.1, 0.15) is 39.1 Å². The molecule has 0 fully saturated rings. The Morgan fingerprint density at radius 3 is 2.67 bits per heavy atom. The minimum absolute atomic E-state index is 0.159. The third-order valence-corrected chi connectivity index (χ3v) is 5.49. The molecule has 0 bridgehead atoms. The molecule has 0 saturated heterocycles. The number of nitrogens with zero attached hydrogens (tertiary/aromatic N) is 2. The fraction of sp³-hybridized carbons (Fsp3) is 0.174. The summed E-state index contributed by atoms with van der Waals surface area (Å²) in [7, 11) is 0. The van der Waals surface area contributed by atoms with Gasteiger partial charge in [-0.25, -0.2) is 0 Å². The molecule has 0 spiro atoms. The van der Waals surface area contributed by atoms with Crippen molar-refractivity contribution in [1.82, 2.24) is 9.88 Å². The number of carbonyl (C=O) groups is 2. The molecule has 0 aliphatic carbocycles. The molecular formula is C23H18N2O5. The number of amides is 1. The second-order valence-electron chi connectivity index (χ2n) is 7.22. The number of aromatic nitrogens is 1. The van der Waals surface area contributed by atoms with Crippen molar-refractivity contribution < 1.29 is 24.2 Å². The van der Waals surface area contributed by atoms with Crippen molar-refractivity contribution in [3.8, 4) is 11.5 Å². The number of pyridine rings is 1. The van der Waals surface area contributed by atoms with Crippen molar-refractivity contribution >= 4 is 11.9 Å². The molecule has 5 rings (SSSR count). The van der Waals surface area contributed by atoms with Crippen LogP contribution in [0.3, 0.4) is 0 Å². The third kappa shape index (κ3) is 2.95. The van der Waals surface area contributed by atoms with Gasteiger partial charge in [0.25, 0.3) is 5.91 Å². The standard InChI is InChI=1S/C23H18N2O5/c26-22-16-6-2-1-5-15(16)20(23(27)28)21(17-7-3-4-10-24-17)25(22)12-14-8-9-18-19(11-14)30-13-29-18/h1-11,20-21H,12-13H2,(H,27,28). The van der Waals surface area contributed by atoms with Gasteiger partial charge in [0.2, 0.25) is 6.79 Å². The summed E-state index contributed by atoms with van der Waals surface area (Å²) in [6, 6.07) is 16.9. The molecule has 2 atom stereocenters. The highest BCUT2D eigenvalue weighted by Gasteiger charge is 2.44. The van der Waals surface area contributed by atoms with E-state index in [0.29, 0.717) is 28.3 Å². The highest BCUT2D eigenvalue weighted by molar-refractivity contribution is 6.00. The van der Waals surface area contributed by atoms with Gasteiger partial charge in [0.15, 0.2) is 11.5 Å². The Bertz CT molecular complexity index is 1130. The Morgan fingerprint density at radius 1 is 1.07 bits per heavy atom. The predicted octanol–water partition coefficient (Wildman–Crippen LogP) is 3.38. The summed E-state index contributed by atoms with van der Waals surface area (Å²) in [4.78, 5) is 31.8. The summed E-state index contributed by atoms with van der Waals surface area (Å²) < 4.78 is 10.8. The number of aliphatic carboxylic acids is 1. The number of rotatable bonds is 4. The Morgan fingerprint density at radius 2 is 1.87 bits per heavy atom. The summed E-state index contributed by atoms with van der Waals surface area (Å²) >= 11 is 0. The van der Waals surface area contributed by atoms with Crippen LogP contribution in [-0.4, -0.2) is 33.7 Å². The lowest BCUT2D eigenvalue weighted by atomic mass is 9.81. The van der Waals surface area contributed by atoms with Crippen LogP contribution < -0.4 is 9.47 Å². The van der Waals surface area contributed by atoms with Crippen LogP contribution in [-0.2, 0) is 11.3 Å². The lowest BCUT2D eigenvalue weighted by Gasteiger charge is -2.40. The highest BCUT2D eigenvalue weighted by Crippen LogP contribution is 2.43. The van der Waals surface area contributed by atoms with E-state index in [2.05, 4.69) is 4.98 Å². The first-order chi connectivity index (χ1) is 14.6. The molecule has 2 unspecified atom stereocenters. The van der Waals surface area contributed by atoms with Crippen LogP contribution in [0.4, 0.5) is 0 Å². The average Bonchev–Trinajstić information content (AvgIpc) is 3.24. The van der Waals surface area contributed by atoms with Gasteiger partial charge in [-0.05, 0) is 41.5 Å². The van der Waals surface area contributed by atoms with E-state index in [9.17, 15) is 14.7 Å². The topological polar surface area (TPSA) is 89.0 Å². The maximum atomic E-state index is 13.5. The zero-order valence-corrected chi connectivity index (χ0v) is 15.9. The molecule has 1 N–H and O–H groups in total. The number of carbonyl (C=O) groups excluding carboxylic acids is 1. The first-order valence-corrected chi connectivity index (χ1v) is 9.55. The highest BCUT2D eigenvalue weighted by atomic mass is 16.7. The van der Waals surface area contributed by atoms with Crippen molar-refractivity contribution in [2.75, 3.05) is 6.79 Å². The fourth-order valence-electron chi connectivity index (χ4n) is 4.15.